The highest BCUT2D eigenvalue weighted by Gasteiger charge is 2.11. The monoisotopic (exact) mass is 382 g/mol. The first-order chi connectivity index (χ1) is 9.60. The largest absolute Gasteiger partial charge is 0.507 e. The van der Waals surface area contributed by atoms with Crippen molar-refractivity contribution >= 4 is 34.2 Å². The predicted molar refractivity (Wildman–Crippen MR) is 88.0 cm³/mol. The molecule has 3 N–H and O–H groups in total. The zero-order valence-electron chi connectivity index (χ0n) is 11.0. The SMILES string of the molecule is CNCc1cccc(NC(=O)c2cc(I)ccc2O)c1. The lowest BCUT2D eigenvalue weighted by Gasteiger charge is -2.09. The number of benzene rings is 2. The molecule has 104 valence electrons. The lowest BCUT2D eigenvalue weighted by molar-refractivity contribution is 0.102. The number of aromatic hydroxyl groups is 1. The second kappa shape index (κ2) is 6.71. The van der Waals surface area contributed by atoms with Gasteiger partial charge >= 0.3 is 0 Å². The van der Waals surface area contributed by atoms with Gasteiger partial charge in [0.15, 0.2) is 0 Å². The Bertz CT molecular complexity index is 629. The molecular weight excluding hydrogens is 367 g/mol. The summed E-state index contributed by atoms with van der Waals surface area (Å²) < 4.78 is 0.898. The Morgan fingerprint density at radius 3 is 2.80 bits per heavy atom. The fraction of sp³-hybridized carbons (Fsp3) is 0.133. The zero-order chi connectivity index (χ0) is 14.5. The normalized spacial score (nSPS) is 10.3. The number of hydrogen-bond acceptors (Lipinski definition) is 3. The highest BCUT2D eigenvalue weighted by atomic mass is 127. The lowest BCUT2D eigenvalue weighted by atomic mass is 10.1. The predicted octanol–water partition coefficient (Wildman–Crippen LogP) is 2.97. The maximum Gasteiger partial charge on any atom is 0.259 e. The zero-order valence-corrected chi connectivity index (χ0v) is 13.1. The topological polar surface area (TPSA) is 61.4 Å². The van der Waals surface area contributed by atoms with Gasteiger partial charge in [0.05, 0.1) is 5.56 Å². The third-order valence-corrected chi connectivity index (χ3v) is 3.44. The Morgan fingerprint density at radius 1 is 1.25 bits per heavy atom. The van der Waals surface area contributed by atoms with Crippen LogP contribution in [0, 0.1) is 3.57 Å². The van der Waals surface area contributed by atoms with E-state index in [1.165, 1.54) is 6.07 Å². The van der Waals surface area contributed by atoms with Crippen molar-refractivity contribution in [1.29, 1.82) is 0 Å². The van der Waals surface area contributed by atoms with Gasteiger partial charge in [0.2, 0.25) is 0 Å². The molecule has 0 aliphatic carbocycles. The summed E-state index contributed by atoms with van der Waals surface area (Å²) >= 11 is 2.10. The van der Waals surface area contributed by atoms with E-state index in [1.807, 2.05) is 31.3 Å². The molecule has 4 nitrogen and oxygen atoms in total. The van der Waals surface area contributed by atoms with E-state index in [9.17, 15) is 9.90 Å². The van der Waals surface area contributed by atoms with Crippen LogP contribution in [0.4, 0.5) is 5.69 Å². The van der Waals surface area contributed by atoms with Gasteiger partial charge in [0.1, 0.15) is 5.75 Å². The van der Waals surface area contributed by atoms with E-state index in [2.05, 4.69) is 33.2 Å². The molecular formula is C15H15IN2O2. The summed E-state index contributed by atoms with van der Waals surface area (Å²) in [5.41, 5.74) is 2.06. The van der Waals surface area contributed by atoms with E-state index < -0.39 is 0 Å². The number of phenolic OH excluding ortho intramolecular Hbond substituents is 1. The van der Waals surface area contributed by atoms with Gasteiger partial charge in [-0.1, -0.05) is 12.1 Å². The molecule has 2 rings (SSSR count). The minimum atomic E-state index is -0.317. The van der Waals surface area contributed by atoms with Crippen LogP contribution in [-0.2, 0) is 6.54 Å². The summed E-state index contributed by atoms with van der Waals surface area (Å²) in [6, 6.07) is 12.5. The third kappa shape index (κ3) is 3.71. The summed E-state index contributed by atoms with van der Waals surface area (Å²) in [6.07, 6.45) is 0. The number of carbonyl (C=O) groups excluding carboxylic acids is 1. The van der Waals surface area contributed by atoms with Crippen molar-refractivity contribution in [3.05, 3.63) is 57.2 Å². The average Bonchev–Trinajstić information content (AvgIpc) is 2.42. The molecule has 0 radical (unpaired) electrons. The summed E-state index contributed by atoms with van der Waals surface area (Å²) in [7, 11) is 1.87. The lowest BCUT2D eigenvalue weighted by Crippen LogP contribution is -2.13. The van der Waals surface area contributed by atoms with E-state index in [-0.39, 0.29) is 17.2 Å². The number of rotatable bonds is 4. The summed E-state index contributed by atoms with van der Waals surface area (Å²) in [5, 5.41) is 15.6. The third-order valence-electron chi connectivity index (χ3n) is 2.77. The first-order valence-corrected chi connectivity index (χ1v) is 7.21. The number of halogens is 1. The maximum atomic E-state index is 12.2. The molecule has 0 bridgehead atoms. The summed E-state index contributed by atoms with van der Waals surface area (Å²) in [6.45, 7) is 0.734. The molecule has 0 saturated carbocycles. The van der Waals surface area contributed by atoms with Gasteiger partial charge in [-0.3, -0.25) is 4.79 Å². The van der Waals surface area contributed by atoms with Crippen LogP contribution in [0.2, 0.25) is 0 Å². The Morgan fingerprint density at radius 2 is 2.05 bits per heavy atom. The molecule has 0 aromatic heterocycles. The summed E-state index contributed by atoms with van der Waals surface area (Å²) in [4.78, 5) is 12.2. The first kappa shape index (κ1) is 14.8. The smallest absolute Gasteiger partial charge is 0.259 e. The fourth-order valence-corrected chi connectivity index (χ4v) is 2.34. The summed E-state index contributed by atoms with van der Waals surface area (Å²) in [5.74, 6) is -0.336. The number of phenols is 1. The number of carbonyl (C=O) groups is 1. The average molecular weight is 382 g/mol. The minimum absolute atomic E-state index is 0.0192. The van der Waals surface area contributed by atoms with E-state index in [0.717, 1.165) is 15.7 Å². The van der Waals surface area contributed by atoms with E-state index in [4.69, 9.17) is 0 Å². The second-order valence-corrected chi connectivity index (χ2v) is 5.59. The molecule has 1 amide bonds. The maximum absolute atomic E-state index is 12.2. The number of anilines is 1. The van der Waals surface area contributed by atoms with Crippen LogP contribution in [0.1, 0.15) is 15.9 Å². The van der Waals surface area contributed by atoms with Crippen LogP contribution in [-0.4, -0.2) is 18.1 Å². The molecule has 2 aromatic carbocycles. The van der Waals surface area contributed by atoms with Crippen LogP contribution in [0.5, 0.6) is 5.75 Å². The fourth-order valence-electron chi connectivity index (χ4n) is 1.85. The molecule has 20 heavy (non-hydrogen) atoms. The van der Waals surface area contributed by atoms with Gasteiger partial charge in [-0.25, -0.2) is 0 Å². The molecule has 0 fully saturated rings. The molecule has 0 aliphatic heterocycles. The molecule has 0 atom stereocenters. The molecule has 0 heterocycles. The molecule has 0 unspecified atom stereocenters. The Balaban J connectivity index is 2.19. The van der Waals surface area contributed by atoms with Crippen molar-refractivity contribution in [2.24, 2.45) is 0 Å². The molecule has 2 aromatic rings. The van der Waals surface area contributed by atoms with Crippen LogP contribution < -0.4 is 10.6 Å². The van der Waals surface area contributed by atoms with E-state index in [1.54, 1.807) is 12.1 Å². The molecule has 5 heteroatoms. The van der Waals surface area contributed by atoms with Crippen molar-refractivity contribution in [3.8, 4) is 5.75 Å². The van der Waals surface area contributed by atoms with Gasteiger partial charge in [-0.15, -0.1) is 0 Å². The highest BCUT2D eigenvalue weighted by Crippen LogP contribution is 2.21. The molecule has 0 saturated heterocycles. The Kier molecular flexibility index (Phi) is 4.97. The van der Waals surface area contributed by atoms with Crippen LogP contribution in [0.25, 0.3) is 0 Å². The highest BCUT2D eigenvalue weighted by molar-refractivity contribution is 14.1. The van der Waals surface area contributed by atoms with Crippen molar-refractivity contribution < 1.29 is 9.90 Å². The standard InChI is InChI=1S/C15H15IN2O2/c1-17-9-10-3-2-4-12(7-10)18-15(20)13-8-11(16)5-6-14(13)19/h2-8,17,19H,9H2,1H3,(H,18,20). The number of amides is 1. The first-order valence-electron chi connectivity index (χ1n) is 6.13. The quantitative estimate of drug-likeness (QED) is 0.713. The van der Waals surface area contributed by atoms with Crippen LogP contribution in [0.15, 0.2) is 42.5 Å². The van der Waals surface area contributed by atoms with Gasteiger partial charge in [0.25, 0.3) is 5.91 Å². The second-order valence-electron chi connectivity index (χ2n) is 4.35. The molecule has 0 aliphatic rings. The van der Waals surface area contributed by atoms with Gasteiger partial charge in [-0.05, 0) is 65.5 Å². The van der Waals surface area contributed by atoms with Crippen LogP contribution in [0.3, 0.4) is 0 Å². The van der Waals surface area contributed by atoms with Crippen LogP contribution >= 0.6 is 22.6 Å². The molecule has 0 spiro atoms. The Hall–Kier alpha value is -1.60. The minimum Gasteiger partial charge on any atom is -0.507 e. The van der Waals surface area contributed by atoms with E-state index >= 15 is 0 Å². The number of hydrogen-bond donors (Lipinski definition) is 3. The Labute approximate surface area is 131 Å². The van der Waals surface area contributed by atoms with Crippen molar-refractivity contribution in [1.82, 2.24) is 5.32 Å². The number of nitrogens with one attached hydrogen (secondary N) is 2. The van der Waals surface area contributed by atoms with Gasteiger partial charge in [-0.2, -0.15) is 0 Å². The van der Waals surface area contributed by atoms with Crippen molar-refractivity contribution in [2.45, 2.75) is 6.54 Å². The van der Waals surface area contributed by atoms with Crippen molar-refractivity contribution in [3.63, 3.8) is 0 Å². The van der Waals surface area contributed by atoms with Crippen molar-refractivity contribution in [2.75, 3.05) is 12.4 Å². The van der Waals surface area contributed by atoms with Gasteiger partial charge < -0.3 is 15.7 Å². The van der Waals surface area contributed by atoms with Gasteiger partial charge in [0, 0.05) is 15.8 Å². The van der Waals surface area contributed by atoms with E-state index in [0.29, 0.717) is 5.69 Å².